The van der Waals surface area contributed by atoms with Crippen molar-refractivity contribution in [1.29, 1.82) is 0 Å². The van der Waals surface area contributed by atoms with Gasteiger partial charge in [0, 0.05) is 29.1 Å². The van der Waals surface area contributed by atoms with Crippen molar-refractivity contribution < 1.29 is 14.3 Å². The summed E-state index contributed by atoms with van der Waals surface area (Å²) in [5, 5.41) is 1.09. The van der Waals surface area contributed by atoms with Crippen molar-refractivity contribution in [1.82, 2.24) is 14.8 Å². The minimum atomic E-state index is -0.382. The van der Waals surface area contributed by atoms with Crippen LogP contribution in [0.3, 0.4) is 0 Å². The van der Waals surface area contributed by atoms with Crippen LogP contribution in [0, 0.1) is 0 Å². The fourth-order valence-corrected chi connectivity index (χ4v) is 5.21. The Balaban J connectivity index is 1.55. The van der Waals surface area contributed by atoms with Gasteiger partial charge in [0.1, 0.15) is 11.8 Å². The standard InChI is InChI=1S/C21H25N3O3/c1-12-19-16(15-10-14(27-2)8-9-17(15)22-19)11-18-20(25)24(21(26)23(12)18)13-6-4-3-5-7-13/h8-10,12-13,18,22H,3-7,11H2,1-2H3. The van der Waals surface area contributed by atoms with Gasteiger partial charge in [-0.05, 0) is 43.5 Å². The molecule has 1 saturated heterocycles. The molecule has 0 radical (unpaired) electrons. The van der Waals surface area contributed by atoms with Crippen molar-refractivity contribution in [3.63, 3.8) is 0 Å². The number of urea groups is 1. The maximum Gasteiger partial charge on any atom is 0.328 e. The molecule has 3 amide bonds. The molecule has 6 heteroatoms. The smallest absolute Gasteiger partial charge is 0.328 e. The number of H-pyrrole nitrogens is 1. The van der Waals surface area contributed by atoms with Gasteiger partial charge in [-0.2, -0.15) is 0 Å². The number of carbonyl (C=O) groups is 2. The number of nitrogens with zero attached hydrogens (tertiary/aromatic N) is 2. The fraction of sp³-hybridized carbons (Fsp3) is 0.524. The number of benzene rings is 1. The van der Waals surface area contributed by atoms with Crippen LogP contribution in [0.4, 0.5) is 4.79 Å². The summed E-state index contributed by atoms with van der Waals surface area (Å²) < 4.78 is 5.38. The summed E-state index contributed by atoms with van der Waals surface area (Å²) in [5.41, 5.74) is 3.21. The number of aromatic amines is 1. The number of carbonyl (C=O) groups excluding carboxylic acids is 2. The van der Waals surface area contributed by atoms with Gasteiger partial charge in [-0.25, -0.2) is 4.79 Å². The number of nitrogens with one attached hydrogen (secondary N) is 1. The Morgan fingerprint density at radius 1 is 1.15 bits per heavy atom. The van der Waals surface area contributed by atoms with Crippen molar-refractivity contribution in [2.45, 2.75) is 63.6 Å². The van der Waals surface area contributed by atoms with E-state index in [4.69, 9.17) is 4.74 Å². The number of ether oxygens (including phenoxy) is 1. The molecule has 1 aliphatic carbocycles. The van der Waals surface area contributed by atoms with Crippen molar-refractivity contribution in [3.05, 3.63) is 29.5 Å². The number of rotatable bonds is 2. The Bertz CT molecular complexity index is 928. The van der Waals surface area contributed by atoms with E-state index in [0.29, 0.717) is 6.42 Å². The predicted octanol–water partition coefficient (Wildman–Crippen LogP) is 3.76. The number of hydrogen-bond donors (Lipinski definition) is 1. The van der Waals surface area contributed by atoms with Gasteiger partial charge < -0.3 is 14.6 Å². The summed E-state index contributed by atoms with van der Waals surface area (Å²) >= 11 is 0. The van der Waals surface area contributed by atoms with Gasteiger partial charge in [-0.3, -0.25) is 9.69 Å². The Kier molecular flexibility index (Phi) is 3.71. The summed E-state index contributed by atoms with van der Waals surface area (Å²) in [4.78, 5) is 33.3. The molecule has 5 rings (SSSR count). The molecule has 142 valence electrons. The monoisotopic (exact) mass is 367 g/mol. The lowest BCUT2D eigenvalue weighted by Gasteiger charge is -2.33. The number of fused-ring (bicyclic) bond motifs is 4. The largest absolute Gasteiger partial charge is 0.497 e. The van der Waals surface area contributed by atoms with Crippen molar-refractivity contribution in [3.8, 4) is 5.75 Å². The number of imide groups is 1. The highest BCUT2D eigenvalue weighted by Gasteiger charge is 2.52. The highest BCUT2D eigenvalue weighted by atomic mass is 16.5. The van der Waals surface area contributed by atoms with E-state index in [2.05, 4.69) is 4.98 Å². The van der Waals surface area contributed by atoms with E-state index in [1.54, 1.807) is 16.9 Å². The summed E-state index contributed by atoms with van der Waals surface area (Å²) in [6, 6.07) is 5.40. The topological polar surface area (TPSA) is 65.6 Å². The Morgan fingerprint density at radius 3 is 2.67 bits per heavy atom. The normalized spacial score (nSPS) is 25.9. The minimum absolute atomic E-state index is 0.0124. The van der Waals surface area contributed by atoms with E-state index in [0.717, 1.165) is 53.6 Å². The minimum Gasteiger partial charge on any atom is -0.497 e. The molecule has 3 aliphatic rings. The molecular weight excluding hydrogens is 342 g/mol. The van der Waals surface area contributed by atoms with Crippen LogP contribution in [0.1, 0.15) is 56.3 Å². The average molecular weight is 367 g/mol. The van der Waals surface area contributed by atoms with E-state index in [-0.39, 0.29) is 30.1 Å². The quantitative estimate of drug-likeness (QED) is 0.822. The summed E-state index contributed by atoms with van der Waals surface area (Å²) in [6.45, 7) is 2.02. The molecule has 0 spiro atoms. The van der Waals surface area contributed by atoms with E-state index in [1.807, 2.05) is 25.1 Å². The van der Waals surface area contributed by atoms with Gasteiger partial charge in [0.2, 0.25) is 0 Å². The molecular formula is C21H25N3O3. The van der Waals surface area contributed by atoms with Crippen LogP contribution < -0.4 is 4.74 Å². The van der Waals surface area contributed by atoms with Crippen LogP contribution in [0.2, 0.25) is 0 Å². The van der Waals surface area contributed by atoms with Gasteiger partial charge in [-0.15, -0.1) is 0 Å². The first-order chi connectivity index (χ1) is 13.1. The number of methoxy groups -OCH3 is 1. The molecule has 3 heterocycles. The highest BCUT2D eigenvalue weighted by Crippen LogP contribution is 2.42. The molecule has 2 fully saturated rings. The molecule has 2 aliphatic heterocycles. The van der Waals surface area contributed by atoms with Gasteiger partial charge >= 0.3 is 6.03 Å². The van der Waals surface area contributed by atoms with Crippen LogP contribution in [0.5, 0.6) is 5.75 Å². The van der Waals surface area contributed by atoms with Crippen LogP contribution in [-0.4, -0.2) is 45.9 Å². The zero-order valence-electron chi connectivity index (χ0n) is 15.8. The van der Waals surface area contributed by atoms with Crippen molar-refractivity contribution in [2.75, 3.05) is 7.11 Å². The lowest BCUT2D eigenvalue weighted by Crippen LogP contribution is -2.43. The van der Waals surface area contributed by atoms with Crippen molar-refractivity contribution in [2.24, 2.45) is 0 Å². The molecule has 1 aromatic carbocycles. The first kappa shape index (κ1) is 16.7. The lowest BCUT2D eigenvalue weighted by atomic mass is 9.92. The van der Waals surface area contributed by atoms with E-state index in [1.165, 1.54) is 6.42 Å². The lowest BCUT2D eigenvalue weighted by molar-refractivity contribution is -0.130. The highest BCUT2D eigenvalue weighted by molar-refractivity contribution is 6.06. The number of amides is 3. The van der Waals surface area contributed by atoms with E-state index < -0.39 is 0 Å². The number of aromatic nitrogens is 1. The predicted molar refractivity (Wildman–Crippen MR) is 102 cm³/mol. The second-order valence-corrected chi connectivity index (χ2v) is 8.01. The molecule has 2 atom stereocenters. The maximum absolute atomic E-state index is 13.2. The van der Waals surface area contributed by atoms with E-state index >= 15 is 0 Å². The zero-order chi connectivity index (χ0) is 18.7. The molecule has 2 unspecified atom stereocenters. The Hall–Kier alpha value is -2.50. The third-order valence-corrected chi connectivity index (χ3v) is 6.60. The van der Waals surface area contributed by atoms with Crippen LogP contribution in [0.25, 0.3) is 10.9 Å². The molecule has 1 saturated carbocycles. The third-order valence-electron chi connectivity index (χ3n) is 6.60. The van der Waals surface area contributed by atoms with E-state index in [9.17, 15) is 9.59 Å². The molecule has 27 heavy (non-hydrogen) atoms. The zero-order valence-corrected chi connectivity index (χ0v) is 15.8. The van der Waals surface area contributed by atoms with Gasteiger partial charge in [0.15, 0.2) is 0 Å². The number of hydrogen-bond acceptors (Lipinski definition) is 3. The fourth-order valence-electron chi connectivity index (χ4n) is 5.21. The van der Waals surface area contributed by atoms with Crippen molar-refractivity contribution >= 4 is 22.8 Å². The third kappa shape index (κ3) is 2.32. The Morgan fingerprint density at radius 2 is 1.93 bits per heavy atom. The maximum atomic E-state index is 13.2. The Labute approximate surface area is 158 Å². The second kappa shape index (κ2) is 6.01. The van der Waals surface area contributed by atoms with Gasteiger partial charge in [-0.1, -0.05) is 19.3 Å². The summed E-state index contributed by atoms with van der Waals surface area (Å²) in [5.74, 6) is 0.790. The molecule has 1 N–H and O–H groups in total. The molecule has 0 bridgehead atoms. The first-order valence-electron chi connectivity index (χ1n) is 9.94. The second-order valence-electron chi connectivity index (χ2n) is 8.01. The summed E-state index contributed by atoms with van der Waals surface area (Å²) in [7, 11) is 1.66. The van der Waals surface area contributed by atoms with Gasteiger partial charge in [0.25, 0.3) is 5.91 Å². The van der Waals surface area contributed by atoms with Crippen LogP contribution >= 0.6 is 0 Å². The first-order valence-corrected chi connectivity index (χ1v) is 9.94. The summed E-state index contributed by atoms with van der Waals surface area (Å²) in [6.07, 6.45) is 5.86. The van der Waals surface area contributed by atoms with Crippen LogP contribution in [0.15, 0.2) is 18.2 Å². The molecule has 6 nitrogen and oxygen atoms in total. The SMILES string of the molecule is COc1ccc2[nH]c3c(c2c1)CC1C(=O)N(C2CCCCC2)C(=O)N1C3C. The average Bonchev–Trinajstić information content (AvgIpc) is 3.18. The molecule has 1 aromatic heterocycles. The molecule has 2 aromatic rings. The van der Waals surface area contributed by atoms with Crippen LogP contribution in [-0.2, 0) is 11.2 Å². The van der Waals surface area contributed by atoms with Gasteiger partial charge in [0.05, 0.1) is 13.2 Å².